The topological polar surface area (TPSA) is 42.1 Å². The van der Waals surface area contributed by atoms with Crippen molar-refractivity contribution in [1.29, 1.82) is 0 Å². The van der Waals surface area contributed by atoms with Gasteiger partial charge >= 0.3 is 0 Å². The van der Waals surface area contributed by atoms with Crippen molar-refractivity contribution in [2.75, 3.05) is 20.1 Å². The van der Waals surface area contributed by atoms with E-state index in [0.29, 0.717) is 17.9 Å². The molecule has 2 heterocycles. The van der Waals surface area contributed by atoms with Gasteiger partial charge in [0, 0.05) is 30.4 Å². The molecule has 3 rings (SSSR count). The van der Waals surface area contributed by atoms with E-state index in [2.05, 4.69) is 49.0 Å². The number of nitrogens with two attached hydrogens (primary N) is 1. The highest BCUT2D eigenvalue weighted by atomic mass is 15.2. The van der Waals surface area contributed by atoms with Crippen molar-refractivity contribution in [2.45, 2.75) is 32.2 Å². The number of hydrogen-bond donors (Lipinski definition) is 1. The Morgan fingerprint density at radius 2 is 2.14 bits per heavy atom. The molecular formula is C18H25N3. The normalized spacial score (nSPS) is 23.3. The second kappa shape index (κ2) is 5.74. The number of pyridine rings is 1. The summed E-state index contributed by atoms with van der Waals surface area (Å²) < 4.78 is 0. The molecule has 3 heteroatoms. The Bertz CT molecular complexity index is 635. The van der Waals surface area contributed by atoms with Gasteiger partial charge in [0.2, 0.25) is 0 Å². The first-order valence-electron chi connectivity index (χ1n) is 7.88. The molecule has 1 aliphatic heterocycles. The lowest BCUT2D eigenvalue weighted by Gasteiger charge is -2.20. The van der Waals surface area contributed by atoms with Gasteiger partial charge < -0.3 is 5.73 Å². The van der Waals surface area contributed by atoms with E-state index in [1.165, 1.54) is 21.9 Å². The lowest BCUT2D eigenvalue weighted by molar-refractivity contribution is 0.314. The van der Waals surface area contributed by atoms with E-state index in [1.807, 2.05) is 12.4 Å². The molecule has 1 fully saturated rings. The van der Waals surface area contributed by atoms with Crippen molar-refractivity contribution >= 4 is 10.8 Å². The van der Waals surface area contributed by atoms with Gasteiger partial charge in [0.25, 0.3) is 0 Å². The molecule has 1 aromatic heterocycles. The van der Waals surface area contributed by atoms with Gasteiger partial charge in [-0.3, -0.25) is 9.88 Å². The van der Waals surface area contributed by atoms with E-state index in [9.17, 15) is 0 Å². The van der Waals surface area contributed by atoms with Gasteiger partial charge in [0.15, 0.2) is 0 Å². The Morgan fingerprint density at radius 3 is 2.81 bits per heavy atom. The minimum absolute atomic E-state index is 0.491. The van der Waals surface area contributed by atoms with Gasteiger partial charge in [-0.2, -0.15) is 0 Å². The van der Waals surface area contributed by atoms with Crippen LogP contribution in [0.1, 0.15) is 43.4 Å². The number of benzene rings is 1. The van der Waals surface area contributed by atoms with Crippen LogP contribution in [0.3, 0.4) is 0 Å². The molecule has 2 atom stereocenters. The van der Waals surface area contributed by atoms with Gasteiger partial charge in [0.1, 0.15) is 0 Å². The summed E-state index contributed by atoms with van der Waals surface area (Å²) in [7, 11) is 2.20. The van der Waals surface area contributed by atoms with E-state index in [-0.39, 0.29) is 0 Å². The smallest absolute Gasteiger partial charge is 0.0349 e. The molecule has 2 aromatic rings. The highest BCUT2D eigenvalue weighted by Gasteiger charge is 2.29. The molecule has 1 aromatic carbocycles. The molecule has 112 valence electrons. The van der Waals surface area contributed by atoms with E-state index in [1.54, 1.807) is 0 Å². The van der Waals surface area contributed by atoms with Crippen LogP contribution in [-0.2, 0) is 0 Å². The summed E-state index contributed by atoms with van der Waals surface area (Å²) in [5, 5.41) is 2.59. The van der Waals surface area contributed by atoms with Crippen LogP contribution in [0.5, 0.6) is 0 Å². The lowest BCUT2D eigenvalue weighted by Crippen LogP contribution is -2.20. The maximum Gasteiger partial charge on any atom is 0.0349 e. The maximum atomic E-state index is 5.84. The van der Waals surface area contributed by atoms with Crippen LogP contribution in [0, 0.1) is 5.92 Å². The third-order valence-corrected chi connectivity index (χ3v) is 4.79. The van der Waals surface area contributed by atoms with Crippen molar-refractivity contribution < 1.29 is 0 Å². The lowest BCUT2D eigenvalue weighted by atomic mass is 9.94. The number of aromatic nitrogens is 1. The van der Waals surface area contributed by atoms with E-state index >= 15 is 0 Å². The summed E-state index contributed by atoms with van der Waals surface area (Å²) in [6.07, 6.45) is 5.15. The van der Waals surface area contributed by atoms with Gasteiger partial charge in [-0.05, 0) is 54.4 Å². The Morgan fingerprint density at radius 1 is 1.33 bits per heavy atom. The molecular weight excluding hydrogens is 258 g/mol. The first kappa shape index (κ1) is 14.5. The van der Waals surface area contributed by atoms with Gasteiger partial charge in [0.05, 0.1) is 0 Å². The molecule has 0 aliphatic carbocycles. The molecule has 0 saturated carbocycles. The number of fused-ring (bicyclic) bond motifs is 1. The summed E-state index contributed by atoms with van der Waals surface area (Å²) in [5.74, 6) is 1.12. The van der Waals surface area contributed by atoms with E-state index < -0.39 is 0 Å². The Labute approximate surface area is 127 Å². The predicted octanol–water partition coefficient (Wildman–Crippen LogP) is 3.31. The van der Waals surface area contributed by atoms with Gasteiger partial charge in [-0.15, -0.1) is 0 Å². The average molecular weight is 283 g/mol. The zero-order valence-corrected chi connectivity index (χ0v) is 13.2. The van der Waals surface area contributed by atoms with E-state index in [0.717, 1.165) is 19.5 Å². The number of hydrogen-bond acceptors (Lipinski definition) is 3. The minimum atomic E-state index is 0.491. The summed E-state index contributed by atoms with van der Waals surface area (Å²) in [4.78, 5) is 6.85. The van der Waals surface area contributed by atoms with Crippen molar-refractivity contribution in [2.24, 2.45) is 11.7 Å². The van der Waals surface area contributed by atoms with E-state index in [4.69, 9.17) is 5.73 Å². The number of rotatable bonds is 3. The van der Waals surface area contributed by atoms with Crippen molar-refractivity contribution in [3.8, 4) is 0 Å². The quantitative estimate of drug-likeness (QED) is 0.939. The van der Waals surface area contributed by atoms with Crippen LogP contribution in [0.25, 0.3) is 10.8 Å². The molecule has 1 saturated heterocycles. The molecule has 1 aliphatic rings. The first-order chi connectivity index (χ1) is 10.1. The molecule has 21 heavy (non-hydrogen) atoms. The predicted molar refractivity (Wildman–Crippen MR) is 88.4 cm³/mol. The molecule has 0 radical (unpaired) electrons. The molecule has 3 nitrogen and oxygen atoms in total. The van der Waals surface area contributed by atoms with Crippen LogP contribution in [0.2, 0.25) is 0 Å². The maximum absolute atomic E-state index is 5.84. The standard InChI is InChI=1S/C18H25N3/c1-12(2)17-10-20-9-15-7-14(4-5-16(15)17)18-6-13(8-19)11-21(18)3/h4-5,7,9-10,12-13,18H,6,8,11,19H2,1-3H3. The number of nitrogens with zero attached hydrogens (tertiary/aromatic N) is 2. The molecule has 0 amide bonds. The average Bonchev–Trinajstić information content (AvgIpc) is 2.87. The van der Waals surface area contributed by atoms with Crippen molar-refractivity contribution in [1.82, 2.24) is 9.88 Å². The summed E-state index contributed by atoms with van der Waals surface area (Å²) >= 11 is 0. The monoisotopic (exact) mass is 283 g/mol. The third kappa shape index (κ3) is 2.68. The SMILES string of the molecule is CC(C)c1cncc2cc(C3CC(CN)CN3C)ccc12. The van der Waals surface area contributed by atoms with Crippen LogP contribution >= 0.6 is 0 Å². The summed E-state index contributed by atoms with van der Waals surface area (Å²) in [5.41, 5.74) is 8.57. The molecule has 2 N–H and O–H groups in total. The summed E-state index contributed by atoms with van der Waals surface area (Å²) in [6.45, 7) is 6.33. The first-order valence-corrected chi connectivity index (χ1v) is 7.88. The van der Waals surface area contributed by atoms with Crippen molar-refractivity contribution in [3.05, 3.63) is 41.7 Å². The van der Waals surface area contributed by atoms with Crippen LogP contribution in [0.15, 0.2) is 30.6 Å². The fourth-order valence-electron chi connectivity index (χ4n) is 3.55. The largest absolute Gasteiger partial charge is 0.330 e. The van der Waals surface area contributed by atoms with Crippen LogP contribution < -0.4 is 5.73 Å². The molecule has 2 unspecified atom stereocenters. The Balaban J connectivity index is 1.99. The minimum Gasteiger partial charge on any atom is -0.330 e. The Kier molecular flexibility index (Phi) is 3.96. The number of likely N-dealkylation sites (tertiary alicyclic amines) is 1. The highest BCUT2D eigenvalue weighted by Crippen LogP contribution is 2.35. The van der Waals surface area contributed by atoms with Crippen LogP contribution in [0.4, 0.5) is 0 Å². The van der Waals surface area contributed by atoms with Gasteiger partial charge in [-0.25, -0.2) is 0 Å². The summed E-state index contributed by atoms with van der Waals surface area (Å²) in [6, 6.07) is 7.36. The zero-order valence-electron chi connectivity index (χ0n) is 13.2. The van der Waals surface area contributed by atoms with Gasteiger partial charge in [-0.1, -0.05) is 26.0 Å². The third-order valence-electron chi connectivity index (χ3n) is 4.79. The second-order valence-electron chi connectivity index (χ2n) is 6.66. The fourth-order valence-corrected chi connectivity index (χ4v) is 3.55. The van der Waals surface area contributed by atoms with Crippen LogP contribution in [-0.4, -0.2) is 30.0 Å². The molecule has 0 bridgehead atoms. The Hall–Kier alpha value is -1.45. The molecule has 0 spiro atoms. The van der Waals surface area contributed by atoms with Crippen molar-refractivity contribution in [3.63, 3.8) is 0 Å². The zero-order chi connectivity index (χ0) is 15.0. The highest BCUT2D eigenvalue weighted by molar-refractivity contribution is 5.85. The fraction of sp³-hybridized carbons (Fsp3) is 0.500. The second-order valence-corrected chi connectivity index (χ2v) is 6.66.